The van der Waals surface area contributed by atoms with Gasteiger partial charge in [-0.3, -0.25) is 9.48 Å². The first-order valence-electron chi connectivity index (χ1n) is 5.71. The Kier molecular flexibility index (Phi) is 3.81. The average molecular weight is 308 g/mol. The van der Waals surface area contributed by atoms with Crippen LogP contribution in [0.25, 0.3) is 0 Å². The SMILES string of the molecule is CCn1nc(C(=O)Nc2ccc(Br)cc2)cc1C. The van der Waals surface area contributed by atoms with Crippen molar-refractivity contribution in [1.82, 2.24) is 9.78 Å². The molecule has 0 fully saturated rings. The lowest BCUT2D eigenvalue weighted by Gasteiger charge is -2.02. The Labute approximate surface area is 114 Å². The van der Waals surface area contributed by atoms with E-state index in [-0.39, 0.29) is 5.91 Å². The zero-order valence-corrected chi connectivity index (χ0v) is 11.9. The lowest BCUT2D eigenvalue weighted by Crippen LogP contribution is -2.13. The van der Waals surface area contributed by atoms with Crippen LogP contribution >= 0.6 is 15.9 Å². The van der Waals surface area contributed by atoms with E-state index < -0.39 is 0 Å². The summed E-state index contributed by atoms with van der Waals surface area (Å²) >= 11 is 3.35. The fraction of sp³-hybridized carbons (Fsp3) is 0.231. The number of anilines is 1. The Morgan fingerprint density at radius 3 is 2.61 bits per heavy atom. The summed E-state index contributed by atoms with van der Waals surface area (Å²) in [4.78, 5) is 12.0. The molecule has 0 aliphatic carbocycles. The lowest BCUT2D eigenvalue weighted by molar-refractivity contribution is 0.102. The fourth-order valence-corrected chi connectivity index (χ4v) is 1.93. The summed E-state index contributed by atoms with van der Waals surface area (Å²) in [6, 6.07) is 9.23. The number of amides is 1. The Morgan fingerprint density at radius 2 is 2.06 bits per heavy atom. The fourth-order valence-electron chi connectivity index (χ4n) is 1.67. The number of halogens is 1. The summed E-state index contributed by atoms with van der Waals surface area (Å²) in [5.41, 5.74) is 2.18. The molecule has 5 heteroatoms. The average Bonchev–Trinajstić information content (AvgIpc) is 2.73. The van der Waals surface area contributed by atoms with Crippen molar-refractivity contribution < 1.29 is 4.79 Å². The number of carbonyl (C=O) groups excluding carboxylic acids is 1. The molecule has 18 heavy (non-hydrogen) atoms. The maximum atomic E-state index is 12.0. The number of hydrogen-bond donors (Lipinski definition) is 1. The highest BCUT2D eigenvalue weighted by atomic mass is 79.9. The number of aromatic nitrogens is 2. The van der Waals surface area contributed by atoms with Crippen LogP contribution < -0.4 is 5.32 Å². The summed E-state index contributed by atoms with van der Waals surface area (Å²) in [5, 5.41) is 7.05. The highest BCUT2D eigenvalue weighted by Crippen LogP contribution is 2.15. The number of aryl methyl sites for hydroxylation is 2. The minimum absolute atomic E-state index is 0.187. The maximum Gasteiger partial charge on any atom is 0.276 e. The highest BCUT2D eigenvalue weighted by Gasteiger charge is 2.11. The Hall–Kier alpha value is -1.62. The number of nitrogens with one attached hydrogen (secondary N) is 1. The first-order valence-corrected chi connectivity index (χ1v) is 6.51. The molecule has 0 aliphatic heterocycles. The standard InChI is InChI=1S/C13H14BrN3O/c1-3-17-9(2)8-12(16-17)13(18)15-11-6-4-10(14)5-7-11/h4-8H,3H2,1-2H3,(H,15,18). The second kappa shape index (κ2) is 5.35. The van der Waals surface area contributed by atoms with Crippen molar-refractivity contribution >= 4 is 27.5 Å². The summed E-state index contributed by atoms with van der Waals surface area (Å²) in [5.74, 6) is -0.187. The number of rotatable bonds is 3. The number of hydrogen-bond acceptors (Lipinski definition) is 2. The van der Waals surface area contributed by atoms with Crippen LogP contribution in [0.5, 0.6) is 0 Å². The van der Waals surface area contributed by atoms with Gasteiger partial charge in [-0.05, 0) is 44.2 Å². The third-order valence-electron chi connectivity index (χ3n) is 2.62. The summed E-state index contributed by atoms with van der Waals surface area (Å²) in [6.07, 6.45) is 0. The van der Waals surface area contributed by atoms with E-state index in [1.54, 1.807) is 10.7 Å². The van der Waals surface area contributed by atoms with Gasteiger partial charge in [0.1, 0.15) is 0 Å². The van der Waals surface area contributed by atoms with Crippen LogP contribution in [0.15, 0.2) is 34.8 Å². The van der Waals surface area contributed by atoms with Gasteiger partial charge in [-0.25, -0.2) is 0 Å². The summed E-state index contributed by atoms with van der Waals surface area (Å²) in [7, 11) is 0. The van der Waals surface area contributed by atoms with Crippen molar-refractivity contribution in [2.24, 2.45) is 0 Å². The van der Waals surface area contributed by atoms with E-state index in [2.05, 4.69) is 26.3 Å². The van der Waals surface area contributed by atoms with Crippen LogP contribution in [0, 0.1) is 6.92 Å². The van der Waals surface area contributed by atoms with Gasteiger partial charge in [0.05, 0.1) is 0 Å². The van der Waals surface area contributed by atoms with Crippen LogP contribution in [-0.2, 0) is 6.54 Å². The highest BCUT2D eigenvalue weighted by molar-refractivity contribution is 9.10. The molecule has 2 aromatic rings. The molecule has 0 unspecified atom stereocenters. The van der Waals surface area contributed by atoms with Crippen molar-refractivity contribution in [2.75, 3.05) is 5.32 Å². The van der Waals surface area contributed by atoms with Crippen LogP contribution in [0.4, 0.5) is 5.69 Å². The smallest absolute Gasteiger partial charge is 0.276 e. The third-order valence-corrected chi connectivity index (χ3v) is 3.14. The van der Waals surface area contributed by atoms with Crippen LogP contribution in [-0.4, -0.2) is 15.7 Å². The van der Waals surface area contributed by atoms with Crippen molar-refractivity contribution in [3.8, 4) is 0 Å². The monoisotopic (exact) mass is 307 g/mol. The van der Waals surface area contributed by atoms with Crippen molar-refractivity contribution in [3.05, 3.63) is 46.2 Å². The van der Waals surface area contributed by atoms with Crippen LogP contribution in [0.3, 0.4) is 0 Å². The van der Waals surface area contributed by atoms with Crippen LogP contribution in [0.2, 0.25) is 0 Å². The van der Waals surface area contributed by atoms with Gasteiger partial charge >= 0.3 is 0 Å². The number of nitrogens with zero attached hydrogens (tertiary/aromatic N) is 2. The first kappa shape index (κ1) is 12.8. The molecule has 0 atom stereocenters. The molecule has 1 aromatic carbocycles. The normalized spacial score (nSPS) is 10.4. The zero-order valence-electron chi connectivity index (χ0n) is 10.3. The van der Waals surface area contributed by atoms with E-state index in [1.165, 1.54) is 0 Å². The second-order valence-corrected chi connectivity index (χ2v) is 4.86. The minimum atomic E-state index is -0.187. The Bertz CT molecular complexity index is 560. The molecule has 0 saturated heterocycles. The van der Waals surface area contributed by atoms with E-state index in [1.807, 2.05) is 38.1 Å². The van der Waals surface area contributed by atoms with Gasteiger partial charge in [0.25, 0.3) is 5.91 Å². The van der Waals surface area contributed by atoms with Gasteiger partial charge in [0.15, 0.2) is 5.69 Å². The molecule has 2 rings (SSSR count). The first-order chi connectivity index (χ1) is 8.60. The van der Waals surface area contributed by atoms with Crippen LogP contribution in [0.1, 0.15) is 23.1 Å². The van der Waals surface area contributed by atoms with E-state index >= 15 is 0 Å². The second-order valence-electron chi connectivity index (χ2n) is 3.95. The molecule has 1 heterocycles. The quantitative estimate of drug-likeness (QED) is 0.946. The number of benzene rings is 1. The topological polar surface area (TPSA) is 46.9 Å². The number of carbonyl (C=O) groups is 1. The van der Waals surface area contributed by atoms with Gasteiger partial charge in [-0.15, -0.1) is 0 Å². The maximum absolute atomic E-state index is 12.0. The molecule has 1 amide bonds. The molecule has 4 nitrogen and oxygen atoms in total. The molecule has 0 bridgehead atoms. The lowest BCUT2D eigenvalue weighted by atomic mass is 10.3. The largest absolute Gasteiger partial charge is 0.321 e. The van der Waals surface area contributed by atoms with Crippen molar-refractivity contribution in [3.63, 3.8) is 0 Å². The van der Waals surface area contributed by atoms with Gasteiger partial charge in [-0.1, -0.05) is 15.9 Å². The van der Waals surface area contributed by atoms with Gasteiger partial charge in [-0.2, -0.15) is 5.10 Å². The molecule has 94 valence electrons. The Balaban J connectivity index is 2.14. The zero-order chi connectivity index (χ0) is 13.1. The van der Waals surface area contributed by atoms with Gasteiger partial charge in [0.2, 0.25) is 0 Å². The Morgan fingerprint density at radius 1 is 1.39 bits per heavy atom. The van der Waals surface area contributed by atoms with E-state index in [0.29, 0.717) is 5.69 Å². The van der Waals surface area contributed by atoms with Crippen molar-refractivity contribution in [1.29, 1.82) is 0 Å². The molecular formula is C13H14BrN3O. The third kappa shape index (κ3) is 2.79. The van der Waals surface area contributed by atoms with Gasteiger partial charge < -0.3 is 5.32 Å². The van der Waals surface area contributed by atoms with Crippen molar-refractivity contribution in [2.45, 2.75) is 20.4 Å². The molecule has 0 aliphatic rings. The predicted molar refractivity (Wildman–Crippen MR) is 74.7 cm³/mol. The van der Waals surface area contributed by atoms with E-state index in [0.717, 1.165) is 22.4 Å². The molecule has 0 saturated carbocycles. The summed E-state index contributed by atoms with van der Waals surface area (Å²) in [6.45, 7) is 4.70. The summed E-state index contributed by atoms with van der Waals surface area (Å²) < 4.78 is 2.78. The molecule has 1 aromatic heterocycles. The predicted octanol–water partition coefficient (Wildman–Crippen LogP) is 3.23. The molecule has 1 N–H and O–H groups in total. The van der Waals surface area contributed by atoms with E-state index in [9.17, 15) is 4.79 Å². The molecule has 0 radical (unpaired) electrons. The van der Waals surface area contributed by atoms with E-state index in [4.69, 9.17) is 0 Å². The minimum Gasteiger partial charge on any atom is -0.321 e. The molecular weight excluding hydrogens is 294 g/mol. The molecule has 0 spiro atoms. The van der Waals surface area contributed by atoms with Gasteiger partial charge in [0, 0.05) is 22.4 Å².